The summed E-state index contributed by atoms with van der Waals surface area (Å²) in [5.41, 5.74) is 2.66. The van der Waals surface area contributed by atoms with Gasteiger partial charge in [0.25, 0.3) is 5.22 Å². The molecule has 0 unspecified atom stereocenters. The molecule has 1 N–H and O–H groups in total. The number of benzene rings is 2. The van der Waals surface area contributed by atoms with Gasteiger partial charge in [0.2, 0.25) is 5.91 Å². The maximum Gasteiger partial charge on any atom is 0.257 e. The molecule has 0 saturated carbocycles. The van der Waals surface area contributed by atoms with Gasteiger partial charge in [0.05, 0.1) is 17.2 Å². The van der Waals surface area contributed by atoms with Crippen molar-refractivity contribution >= 4 is 34.8 Å². The van der Waals surface area contributed by atoms with Gasteiger partial charge in [-0.2, -0.15) is 0 Å². The van der Waals surface area contributed by atoms with E-state index in [0.29, 0.717) is 22.4 Å². The van der Waals surface area contributed by atoms with Gasteiger partial charge in [0.15, 0.2) is 11.5 Å². The predicted octanol–water partition coefficient (Wildman–Crippen LogP) is 5.68. The number of Topliss-reactive ketones (excluding diaryl/α,β-unsaturated/α-hetero) is 1. The minimum atomic E-state index is -0.0934. The number of thioether (sulfide) groups is 1. The van der Waals surface area contributed by atoms with E-state index in [1.165, 1.54) is 30.0 Å². The summed E-state index contributed by atoms with van der Waals surface area (Å²) in [6.07, 6.45) is 0. The highest BCUT2D eigenvalue weighted by atomic mass is 32.2. The first-order valence-electron chi connectivity index (χ1n) is 9.71. The Kier molecular flexibility index (Phi) is 6.64. The first-order chi connectivity index (χ1) is 15.1. The molecule has 156 valence electrons. The van der Waals surface area contributed by atoms with Crippen molar-refractivity contribution in [2.75, 3.05) is 5.75 Å². The van der Waals surface area contributed by atoms with E-state index in [9.17, 15) is 9.59 Å². The fourth-order valence-corrected chi connectivity index (χ4v) is 4.66. The number of nitrogens with zero attached hydrogens (tertiary/aromatic N) is 1. The lowest BCUT2D eigenvalue weighted by molar-refractivity contribution is -0.119. The van der Waals surface area contributed by atoms with Crippen molar-refractivity contribution in [3.63, 3.8) is 0 Å². The minimum absolute atomic E-state index is 0.00444. The number of hydrogen-bond donors (Lipinski definition) is 1. The Morgan fingerprint density at radius 3 is 2.32 bits per heavy atom. The zero-order valence-electron chi connectivity index (χ0n) is 16.8. The van der Waals surface area contributed by atoms with Crippen LogP contribution in [-0.4, -0.2) is 22.4 Å². The number of nitrogens with one attached hydrogen (secondary N) is 1. The molecule has 0 bridgehead atoms. The fourth-order valence-electron chi connectivity index (χ4n) is 2.97. The largest absolute Gasteiger partial charge is 0.431 e. The van der Waals surface area contributed by atoms with Gasteiger partial charge in [-0.25, -0.2) is 4.98 Å². The highest BCUT2D eigenvalue weighted by molar-refractivity contribution is 7.99. The van der Waals surface area contributed by atoms with Crippen molar-refractivity contribution in [2.24, 2.45) is 0 Å². The van der Waals surface area contributed by atoms with Crippen LogP contribution in [-0.2, 0) is 11.3 Å². The number of ketones is 1. The highest BCUT2D eigenvalue weighted by Crippen LogP contribution is 2.35. The molecule has 0 atom stereocenters. The van der Waals surface area contributed by atoms with E-state index in [-0.39, 0.29) is 17.4 Å². The van der Waals surface area contributed by atoms with Gasteiger partial charge in [-0.3, -0.25) is 9.59 Å². The van der Waals surface area contributed by atoms with Crippen molar-refractivity contribution in [2.45, 2.75) is 18.7 Å². The van der Waals surface area contributed by atoms with E-state index in [1.807, 2.05) is 66.7 Å². The maximum atomic E-state index is 12.6. The molecular weight excluding hydrogens is 428 g/mol. The highest BCUT2D eigenvalue weighted by Gasteiger charge is 2.18. The molecule has 0 aliphatic carbocycles. The average molecular weight is 449 g/mol. The van der Waals surface area contributed by atoms with Crippen molar-refractivity contribution in [1.29, 1.82) is 0 Å². The second kappa shape index (κ2) is 9.76. The maximum absolute atomic E-state index is 12.6. The smallest absolute Gasteiger partial charge is 0.257 e. The summed E-state index contributed by atoms with van der Waals surface area (Å²) in [5.74, 6) is 0.827. The summed E-state index contributed by atoms with van der Waals surface area (Å²) in [6.45, 7) is 1.90. The van der Waals surface area contributed by atoms with E-state index in [1.54, 1.807) is 6.07 Å². The molecule has 0 spiro atoms. The Hall–Kier alpha value is -3.16. The lowest BCUT2D eigenvalue weighted by atomic mass is 10.1. The van der Waals surface area contributed by atoms with Gasteiger partial charge in [0.1, 0.15) is 5.69 Å². The van der Waals surface area contributed by atoms with Crippen molar-refractivity contribution in [3.8, 4) is 22.6 Å². The van der Waals surface area contributed by atoms with E-state index < -0.39 is 0 Å². The summed E-state index contributed by atoms with van der Waals surface area (Å²) < 4.78 is 6.07. The predicted molar refractivity (Wildman–Crippen MR) is 124 cm³/mol. The molecular formula is C24H20N2O3S2. The Morgan fingerprint density at radius 1 is 0.968 bits per heavy atom. The average Bonchev–Trinajstić information content (AvgIpc) is 3.45. The molecule has 4 aromatic rings. The van der Waals surface area contributed by atoms with Crippen LogP contribution < -0.4 is 5.32 Å². The molecule has 0 aliphatic heterocycles. The van der Waals surface area contributed by atoms with Crippen LogP contribution in [0.4, 0.5) is 0 Å². The second-order valence-electron chi connectivity index (χ2n) is 6.78. The minimum Gasteiger partial charge on any atom is -0.431 e. The molecule has 5 nitrogen and oxygen atoms in total. The van der Waals surface area contributed by atoms with Gasteiger partial charge in [-0.1, -0.05) is 72.4 Å². The van der Waals surface area contributed by atoms with Crippen LogP contribution in [0.1, 0.15) is 21.5 Å². The van der Waals surface area contributed by atoms with Crippen LogP contribution in [0, 0.1) is 0 Å². The quantitative estimate of drug-likeness (QED) is 0.277. The lowest BCUT2D eigenvalue weighted by Crippen LogP contribution is -2.18. The summed E-state index contributed by atoms with van der Waals surface area (Å²) in [6, 6.07) is 23.4. The first-order valence-corrected chi connectivity index (χ1v) is 11.5. The zero-order chi connectivity index (χ0) is 21.6. The molecule has 2 aromatic carbocycles. The normalized spacial score (nSPS) is 10.7. The fraction of sp³-hybridized carbons (Fsp3) is 0.125. The summed E-state index contributed by atoms with van der Waals surface area (Å²) in [4.78, 5) is 30.0. The molecule has 2 aromatic heterocycles. The summed E-state index contributed by atoms with van der Waals surface area (Å²) >= 11 is 2.68. The van der Waals surface area contributed by atoms with Gasteiger partial charge in [0, 0.05) is 22.9 Å². The van der Waals surface area contributed by atoms with Crippen LogP contribution in [0.25, 0.3) is 22.6 Å². The van der Waals surface area contributed by atoms with Gasteiger partial charge >= 0.3 is 0 Å². The number of carbonyl (C=O) groups is 2. The SMILES string of the molecule is CC(=O)NCc1ccc(C(=O)CSc2nc(-c3ccccc3)c(-c3ccccc3)o2)s1. The molecule has 0 fully saturated rings. The number of aromatic nitrogens is 1. The molecule has 2 heterocycles. The number of oxazole rings is 1. The van der Waals surface area contributed by atoms with Crippen molar-refractivity contribution in [3.05, 3.63) is 82.6 Å². The molecule has 1 amide bonds. The van der Waals surface area contributed by atoms with Gasteiger partial charge in [-0.05, 0) is 12.1 Å². The van der Waals surface area contributed by atoms with Crippen molar-refractivity contribution < 1.29 is 14.0 Å². The lowest BCUT2D eigenvalue weighted by Gasteiger charge is -2.00. The zero-order valence-corrected chi connectivity index (χ0v) is 18.5. The Bertz CT molecular complexity index is 1130. The van der Waals surface area contributed by atoms with E-state index >= 15 is 0 Å². The third kappa shape index (κ3) is 5.31. The van der Waals surface area contributed by atoms with Crippen LogP contribution in [0.3, 0.4) is 0 Å². The first kappa shape index (κ1) is 21.1. The number of hydrogen-bond acceptors (Lipinski definition) is 6. The number of amides is 1. The monoisotopic (exact) mass is 448 g/mol. The standard InChI is InChI=1S/C24H20N2O3S2/c1-16(27)25-14-19-12-13-21(31-19)20(28)15-30-24-26-22(17-8-4-2-5-9-17)23(29-24)18-10-6-3-7-11-18/h2-13H,14-15H2,1H3,(H,25,27). The van der Waals surface area contributed by atoms with E-state index in [2.05, 4.69) is 10.3 Å². The molecule has 4 rings (SSSR count). The van der Waals surface area contributed by atoms with Crippen molar-refractivity contribution in [1.82, 2.24) is 10.3 Å². The second-order valence-corrected chi connectivity index (χ2v) is 8.87. The Morgan fingerprint density at radius 2 is 1.65 bits per heavy atom. The summed E-state index contributed by atoms with van der Waals surface area (Å²) in [7, 11) is 0. The van der Waals surface area contributed by atoms with Crippen LogP contribution in [0.5, 0.6) is 0 Å². The Labute approximate surface area is 188 Å². The van der Waals surface area contributed by atoms with E-state index in [4.69, 9.17) is 4.42 Å². The van der Waals surface area contributed by atoms with Gasteiger partial charge < -0.3 is 9.73 Å². The Balaban J connectivity index is 1.51. The number of thiophene rings is 1. The topological polar surface area (TPSA) is 72.2 Å². The third-order valence-electron chi connectivity index (χ3n) is 4.47. The van der Waals surface area contributed by atoms with Crippen LogP contribution in [0.15, 0.2) is 82.4 Å². The third-order valence-corrected chi connectivity index (χ3v) is 6.42. The molecule has 0 radical (unpaired) electrons. The molecule has 0 aliphatic rings. The van der Waals surface area contributed by atoms with Gasteiger partial charge in [-0.15, -0.1) is 11.3 Å². The summed E-state index contributed by atoms with van der Waals surface area (Å²) in [5, 5.41) is 3.20. The number of rotatable bonds is 8. The molecule has 31 heavy (non-hydrogen) atoms. The van der Waals surface area contributed by atoms with Crippen LogP contribution in [0.2, 0.25) is 0 Å². The molecule has 0 saturated heterocycles. The van der Waals surface area contributed by atoms with Crippen LogP contribution >= 0.6 is 23.1 Å². The molecule has 7 heteroatoms. The van der Waals surface area contributed by atoms with E-state index in [0.717, 1.165) is 21.7 Å². The number of carbonyl (C=O) groups excluding carboxylic acids is 2.